The SMILES string of the molecule is N#CC(=Cc1ccccc1[N+](=O)[O-])c1ccc(C(F)(F)F)cn1. The van der Waals surface area contributed by atoms with Crippen LogP contribution < -0.4 is 0 Å². The van der Waals surface area contributed by atoms with Gasteiger partial charge in [-0.1, -0.05) is 12.1 Å². The normalized spacial score (nSPS) is 11.8. The third-order valence-electron chi connectivity index (χ3n) is 2.92. The number of nitrogens with zero attached hydrogens (tertiary/aromatic N) is 3. The van der Waals surface area contributed by atoms with Crippen LogP contribution in [0.3, 0.4) is 0 Å². The van der Waals surface area contributed by atoms with Crippen LogP contribution in [0.5, 0.6) is 0 Å². The van der Waals surface area contributed by atoms with Crippen LogP contribution in [0, 0.1) is 21.4 Å². The summed E-state index contributed by atoms with van der Waals surface area (Å²) in [4.78, 5) is 13.9. The Morgan fingerprint density at radius 1 is 1.26 bits per heavy atom. The highest BCUT2D eigenvalue weighted by atomic mass is 19.4. The Balaban J connectivity index is 2.45. The molecule has 5 nitrogen and oxygen atoms in total. The van der Waals surface area contributed by atoms with Gasteiger partial charge in [0.05, 0.1) is 27.3 Å². The number of benzene rings is 1. The summed E-state index contributed by atoms with van der Waals surface area (Å²) in [6.07, 6.45) is -2.70. The van der Waals surface area contributed by atoms with Crippen molar-refractivity contribution in [2.75, 3.05) is 0 Å². The lowest BCUT2D eigenvalue weighted by Gasteiger charge is -2.06. The van der Waals surface area contributed by atoms with Crippen molar-refractivity contribution in [1.82, 2.24) is 4.98 Å². The smallest absolute Gasteiger partial charge is 0.258 e. The fraction of sp³-hybridized carbons (Fsp3) is 0.0667. The largest absolute Gasteiger partial charge is 0.417 e. The van der Waals surface area contributed by atoms with Gasteiger partial charge in [0, 0.05) is 12.3 Å². The van der Waals surface area contributed by atoms with Crippen molar-refractivity contribution in [1.29, 1.82) is 5.26 Å². The van der Waals surface area contributed by atoms with Gasteiger partial charge in [0.15, 0.2) is 0 Å². The minimum atomic E-state index is -4.53. The molecular weight excluding hydrogens is 311 g/mol. The molecule has 2 rings (SSSR count). The van der Waals surface area contributed by atoms with Crippen LogP contribution in [-0.4, -0.2) is 9.91 Å². The lowest BCUT2D eigenvalue weighted by molar-refractivity contribution is -0.385. The summed E-state index contributed by atoms with van der Waals surface area (Å²) in [6.45, 7) is 0. The summed E-state index contributed by atoms with van der Waals surface area (Å²) in [6, 6.07) is 9.35. The molecule has 0 N–H and O–H groups in total. The number of aromatic nitrogens is 1. The standard InChI is InChI=1S/C15H8F3N3O2/c16-15(17,18)12-5-6-13(20-9-12)11(8-19)7-10-3-1-2-4-14(10)21(22)23/h1-7,9H. The fourth-order valence-corrected chi connectivity index (χ4v) is 1.82. The van der Waals surface area contributed by atoms with E-state index < -0.39 is 16.7 Å². The van der Waals surface area contributed by atoms with Gasteiger partial charge in [-0.15, -0.1) is 0 Å². The Labute approximate surface area is 128 Å². The molecule has 1 heterocycles. The van der Waals surface area contributed by atoms with Crippen LogP contribution in [0.4, 0.5) is 18.9 Å². The van der Waals surface area contributed by atoms with Crippen LogP contribution >= 0.6 is 0 Å². The highest BCUT2D eigenvalue weighted by Crippen LogP contribution is 2.29. The minimum absolute atomic E-state index is 0.00125. The Morgan fingerprint density at radius 2 is 1.96 bits per heavy atom. The number of nitro groups is 1. The highest BCUT2D eigenvalue weighted by molar-refractivity contribution is 5.89. The molecular formula is C15H8F3N3O2. The Morgan fingerprint density at radius 3 is 2.48 bits per heavy atom. The predicted octanol–water partition coefficient (Wildman–Crippen LogP) is 4.07. The average Bonchev–Trinajstić information content (AvgIpc) is 2.52. The van der Waals surface area contributed by atoms with Crippen molar-refractivity contribution in [2.24, 2.45) is 0 Å². The van der Waals surface area contributed by atoms with Gasteiger partial charge in [-0.05, 0) is 24.3 Å². The van der Waals surface area contributed by atoms with E-state index in [1.807, 2.05) is 0 Å². The maximum atomic E-state index is 12.5. The van der Waals surface area contributed by atoms with Crippen LogP contribution in [-0.2, 0) is 6.18 Å². The number of pyridine rings is 1. The first kappa shape index (κ1) is 16.2. The summed E-state index contributed by atoms with van der Waals surface area (Å²) in [7, 11) is 0. The molecule has 0 unspecified atom stereocenters. The van der Waals surface area contributed by atoms with Gasteiger partial charge in [0.2, 0.25) is 0 Å². The monoisotopic (exact) mass is 319 g/mol. The number of para-hydroxylation sites is 1. The summed E-state index contributed by atoms with van der Waals surface area (Å²) in [5.74, 6) is 0. The summed E-state index contributed by atoms with van der Waals surface area (Å²) in [5, 5.41) is 20.1. The first-order valence-electron chi connectivity index (χ1n) is 6.22. The van der Waals surface area contributed by atoms with E-state index in [1.165, 1.54) is 24.3 Å². The molecule has 0 radical (unpaired) electrons. The first-order chi connectivity index (χ1) is 10.8. The highest BCUT2D eigenvalue weighted by Gasteiger charge is 2.30. The number of allylic oxidation sites excluding steroid dienone is 1. The zero-order chi connectivity index (χ0) is 17.0. The average molecular weight is 319 g/mol. The van der Waals surface area contributed by atoms with E-state index in [4.69, 9.17) is 5.26 Å². The molecule has 8 heteroatoms. The molecule has 0 bridgehead atoms. The predicted molar refractivity (Wildman–Crippen MR) is 75.8 cm³/mol. The van der Waals surface area contributed by atoms with Crippen molar-refractivity contribution in [3.05, 3.63) is 69.5 Å². The summed E-state index contributed by atoms with van der Waals surface area (Å²) < 4.78 is 37.5. The second-order valence-electron chi connectivity index (χ2n) is 4.42. The van der Waals surface area contributed by atoms with Crippen LogP contribution in [0.15, 0.2) is 42.6 Å². The fourth-order valence-electron chi connectivity index (χ4n) is 1.82. The molecule has 0 aliphatic carbocycles. The number of alkyl halides is 3. The van der Waals surface area contributed by atoms with Crippen LogP contribution in [0.1, 0.15) is 16.8 Å². The van der Waals surface area contributed by atoms with Gasteiger partial charge in [-0.3, -0.25) is 15.1 Å². The molecule has 0 saturated heterocycles. The molecule has 0 aliphatic rings. The second-order valence-corrected chi connectivity index (χ2v) is 4.42. The minimum Gasteiger partial charge on any atom is -0.258 e. The quantitative estimate of drug-likeness (QED) is 0.485. The van der Waals surface area contributed by atoms with Crippen molar-refractivity contribution >= 4 is 17.3 Å². The molecule has 1 aromatic carbocycles. The van der Waals surface area contributed by atoms with E-state index in [0.717, 1.165) is 12.1 Å². The Bertz CT molecular complexity index is 806. The maximum Gasteiger partial charge on any atom is 0.417 e. The van der Waals surface area contributed by atoms with E-state index in [0.29, 0.717) is 6.20 Å². The molecule has 0 saturated carbocycles. The topological polar surface area (TPSA) is 79.8 Å². The van der Waals surface area contributed by atoms with E-state index >= 15 is 0 Å². The van der Waals surface area contributed by atoms with Gasteiger partial charge in [0.25, 0.3) is 5.69 Å². The number of nitriles is 1. The van der Waals surface area contributed by atoms with E-state index in [9.17, 15) is 23.3 Å². The summed E-state index contributed by atoms with van der Waals surface area (Å²) in [5.41, 5.74) is -1.07. The number of hydrogen-bond acceptors (Lipinski definition) is 4. The summed E-state index contributed by atoms with van der Waals surface area (Å²) >= 11 is 0. The molecule has 1 aromatic heterocycles. The molecule has 116 valence electrons. The Kier molecular flexibility index (Phi) is 4.41. The van der Waals surface area contributed by atoms with Crippen LogP contribution in [0.25, 0.3) is 11.6 Å². The van der Waals surface area contributed by atoms with E-state index in [1.54, 1.807) is 12.1 Å². The van der Waals surface area contributed by atoms with Crippen molar-refractivity contribution in [3.63, 3.8) is 0 Å². The molecule has 0 fully saturated rings. The molecule has 0 spiro atoms. The second kappa shape index (κ2) is 6.27. The molecule has 0 amide bonds. The van der Waals surface area contributed by atoms with Gasteiger partial charge < -0.3 is 0 Å². The van der Waals surface area contributed by atoms with Crippen molar-refractivity contribution < 1.29 is 18.1 Å². The number of hydrogen-bond donors (Lipinski definition) is 0. The zero-order valence-electron chi connectivity index (χ0n) is 11.4. The van der Waals surface area contributed by atoms with Gasteiger partial charge in [0.1, 0.15) is 6.07 Å². The van der Waals surface area contributed by atoms with E-state index in [2.05, 4.69) is 4.98 Å². The third kappa shape index (κ3) is 3.71. The maximum absolute atomic E-state index is 12.5. The van der Waals surface area contributed by atoms with Crippen molar-refractivity contribution in [3.8, 4) is 6.07 Å². The Hall–Kier alpha value is -3.21. The number of rotatable bonds is 3. The number of nitro benzene ring substituents is 1. The lowest BCUT2D eigenvalue weighted by atomic mass is 10.1. The van der Waals surface area contributed by atoms with Gasteiger partial charge in [-0.2, -0.15) is 18.4 Å². The lowest BCUT2D eigenvalue weighted by Crippen LogP contribution is -2.05. The first-order valence-corrected chi connectivity index (χ1v) is 6.22. The van der Waals surface area contributed by atoms with Crippen molar-refractivity contribution in [2.45, 2.75) is 6.18 Å². The van der Waals surface area contributed by atoms with Gasteiger partial charge >= 0.3 is 6.18 Å². The molecule has 2 aromatic rings. The molecule has 0 aliphatic heterocycles. The van der Waals surface area contributed by atoms with Gasteiger partial charge in [-0.25, -0.2) is 0 Å². The van der Waals surface area contributed by atoms with E-state index in [-0.39, 0.29) is 22.5 Å². The third-order valence-corrected chi connectivity index (χ3v) is 2.92. The van der Waals surface area contributed by atoms with Crippen LogP contribution in [0.2, 0.25) is 0 Å². The molecule has 0 atom stereocenters. The molecule has 23 heavy (non-hydrogen) atoms. The number of halogens is 3. The zero-order valence-corrected chi connectivity index (χ0v) is 11.4.